The van der Waals surface area contributed by atoms with Gasteiger partial charge < -0.3 is 62.2 Å². The number of likely N-dealkylation sites (tertiary alicyclic amines) is 3. The van der Waals surface area contributed by atoms with Crippen molar-refractivity contribution in [3.8, 4) is 79.5 Å². The minimum absolute atomic E-state index is 0.0549. The molecular formula is C100H122N16O10. The Labute approximate surface area is 737 Å². The van der Waals surface area contributed by atoms with Gasteiger partial charge in [0.1, 0.15) is 28.2 Å². The number of hydrogen-bond acceptors (Lipinski definition) is 21. The number of piperidine rings is 4. The van der Waals surface area contributed by atoms with Crippen molar-refractivity contribution in [2.24, 2.45) is 0 Å². The Bertz CT molecular complexity index is 6280. The number of aromatic nitrogens is 10. The second kappa shape index (κ2) is 40.1. The highest BCUT2D eigenvalue weighted by Gasteiger charge is 2.30. The van der Waals surface area contributed by atoms with Crippen LogP contribution in [0.3, 0.4) is 0 Å². The lowest BCUT2D eigenvalue weighted by atomic mass is 9.89. The lowest BCUT2D eigenvalue weighted by molar-refractivity contribution is 0.186. The number of imidazole rings is 1. The van der Waals surface area contributed by atoms with Gasteiger partial charge in [0.25, 0.3) is 22.2 Å². The monoisotopic (exact) mass is 1710 g/mol. The molecule has 0 atom stereocenters. The van der Waals surface area contributed by atoms with E-state index in [-0.39, 0.29) is 22.2 Å². The summed E-state index contributed by atoms with van der Waals surface area (Å²) in [5.74, 6) is 4.77. The van der Waals surface area contributed by atoms with Crippen molar-refractivity contribution < 1.29 is 28.4 Å². The van der Waals surface area contributed by atoms with Crippen LogP contribution in [-0.2, 0) is 12.8 Å². The summed E-state index contributed by atoms with van der Waals surface area (Å²) in [6, 6.07) is 39.2. The Hall–Kier alpha value is -12.0. The average molecular weight is 1710 g/mol. The summed E-state index contributed by atoms with van der Waals surface area (Å²) in [7, 11) is 11.8. The quantitative estimate of drug-likeness (QED) is 0.0651. The Kier molecular flexibility index (Phi) is 28.3. The molecule has 0 radical (unpaired) electrons. The predicted octanol–water partition coefficient (Wildman–Crippen LogP) is 15.3. The van der Waals surface area contributed by atoms with Crippen LogP contribution < -0.4 is 60.5 Å². The topological polar surface area (TPSA) is 230 Å². The second-order valence-corrected chi connectivity index (χ2v) is 33.8. The van der Waals surface area contributed by atoms with E-state index in [9.17, 15) is 19.2 Å². The van der Waals surface area contributed by atoms with Crippen molar-refractivity contribution in [1.82, 2.24) is 66.5 Å². The fraction of sp³-hybridized carbons (Fsp3) is 0.430. The van der Waals surface area contributed by atoms with Crippen LogP contribution in [0.25, 0.3) is 73.3 Å². The molecule has 126 heavy (non-hydrogen) atoms. The van der Waals surface area contributed by atoms with E-state index < -0.39 is 0 Å². The molecule has 0 unspecified atom stereocenters. The summed E-state index contributed by atoms with van der Waals surface area (Å²) >= 11 is 0. The number of ether oxygens (including phenoxy) is 6. The van der Waals surface area contributed by atoms with Crippen LogP contribution in [0.4, 0.5) is 11.4 Å². The Morgan fingerprint density at radius 2 is 0.810 bits per heavy atom. The van der Waals surface area contributed by atoms with Gasteiger partial charge in [-0.25, -0.2) is 24.9 Å². The third-order valence-electron chi connectivity index (χ3n) is 26.3. The summed E-state index contributed by atoms with van der Waals surface area (Å²) in [4.78, 5) is 90.9. The van der Waals surface area contributed by atoms with E-state index in [1.165, 1.54) is 49.9 Å². The number of anilines is 2. The van der Waals surface area contributed by atoms with E-state index in [1.54, 1.807) is 84.5 Å². The first-order chi connectivity index (χ1) is 61.2. The molecule has 0 aliphatic carbocycles. The molecule has 26 heteroatoms. The van der Waals surface area contributed by atoms with Gasteiger partial charge in [-0.05, 0) is 281 Å². The highest BCUT2D eigenvalue weighted by Crippen LogP contribution is 2.38. The number of methoxy groups -OCH3 is 6. The van der Waals surface area contributed by atoms with Gasteiger partial charge in [0.2, 0.25) is 0 Å². The summed E-state index contributed by atoms with van der Waals surface area (Å²) in [5, 5.41) is 0. The molecule has 15 heterocycles. The molecule has 5 fully saturated rings. The molecule has 18 rings (SSSR count). The minimum atomic E-state index is -0.0900. The van der Waals surface area contributed by atoms with Gasteiger partial charge in [-0.1, -0.05) is 46.8 Å². The van der Waals surface area contributed by atoms with Crippen LogP contribution in [-0.4, -0.2) is 213 Å². The van der Waals surface area contributed by atoms with Crippen molar-refractivity contribution in [2.45, 2.75) is 149 Å². The number of fused-ring (bicyclic) bond motifs is 5. The predicted molar refractivity (Wildman–Crippen MR) is 502 cm³/mol. The summed E-state index contributed by atoms with van der Waals surface area (Å²) in [6.45, 7) is 29.2. The molecule has 13 aromatic rings. The summed E-state index contributed by atoms with van der Waals surface area (Å²) in [6.07, 6.45) is 25.4. The molecule has 10 aromatic heterocycles. The summed E-state index contributed by atoms with van der Waals surface area (Å²) < 4.78 is 41.0. The van der Waals surface area contributed by atoms with Crippen LogP contribution in [0, 0.1) is 13.8 Å². The number of nitrogens with zero attached hydrogens (tertiary/aromatic N) is 16. The van der Waals surface area contributed by atoms with E-state index in [1.807, 2.05) is 128 Å². The smallest absolute Gasteiger partial charge is 0.258 e. The third kappa shape index (κ3) is 19.5. The fourth-order valence-electron chi connectivity index (χ4n) is 19.0. The Morgan fingerprint density at radius 1 is 0.381 bits per heavy atom. The molecule has 3 aromatic carbocycles. The van der Waals surface area contributed by atoms with Crippen molar-refractivity contribution in [3.63, 3.8) is 0 Å². The van der Waals surface area contributed by atoms with Gasteiger partial charge in [0, 0.05) is 122 Å². The van der Waals surface area contributed by atoms with Crippen LogP contribution >= 0.6 is 0 Å². The van der Waals surface area contributed by atoms with E-state index in [0.29, 0.717) is 86.4 Å². The van der Waals surface area contributed by atoms with Gasteiger partial charge >= 0.3 is 0 Å². The van der Waals surface area contributed by atoms with Crippen molar-refractivity contribution >= 4 is 39.6 Å². The molecule has 5 aliphatic rings. The molecule has 0 saturated carbocycles. The SMILES string of the molecule is CCN(CC)C1CCN(c2cc(C)c3nc(-c4ccc(OC)c(OC)c4)cc(=O)n3c2)CC1.CCc1cc(C2CCN(C)CC2)cn2c(=O)cc(-c3ccc(OC)c(OC)c3)nc12.CCc1cc(C2CCN(CC)CC2)cn2c(=O)cc(-c3ccc(OC)c(OC)c3)nc12.Cc1cn2cc(-c3cc(=O)n4cc(N5CCC(N6CCCC6)CC5)ccc4n3)ccc2n1. The lowest BCUT2D eigenvalue weighted by Crippen LogP contribution is -2.45. The first kappa shape index (κ1) is 88.9. The maximum Gasteiger partial charge on any atom is 0.258 e. The van der Waals surface area contributed by atoms with Gasteiger partial charge in [0.05, 0.1) is 82.5 Å². The van der Waals surface area contributed by atoms with Crippen molar-refractivity contribution in [1.29, 1.82) is 0 Å². The molecule has 0 N–H and O–H groups in total. The van der Waals surface area contributed by atoms with Gasteiger partial charge in [-0.2, -0.15) is 0 Å². The van der Waals surface area contributed by atoms with Gasteiger partial charge in [-0.15, -0.1) is 0 Å². The molecule has 26 nitrogen and oxygen atoms in total. The number of benzene rings is 3. The Balaban J connectivity index is 0.000000130. The standard InChI is InChI=1S/C26H34N4O3.C25H28N6O.C25H31N3O3.C24H29N3O3/c1-6-28(7-2)20-10-12-29(13-11-20)21-14-18(3)26-27-22(16-25(31)30(26)17-21)19-8-9-23(32-4)24(15-19)33-5;1-18-15-30-16-19(4-6-23(30)26-18)22-14-25(32)31-17-21(5-7-24(31)27-22)29-12-8-20(9-13-29)28-10-2-3-11-28;1-5-17-13-20(18-9-11-27(6-2)12-10-18)16-28-24(29)15-21(26-25(17)28)19-7-8-22(30-3)23(14-19)31-4;1-5-16-12-19(17-8-10-26(2)11-9-17)15-27-23(28)14-20(25-24(16)27)18-6-7-21(29-3)22(13-18)30-4/h8-9,14-17,20H,6-7,10-13H2,1-5H3;4-7,14-17,20H,2-3,8-13H2,1H3;7-8,13-16,18H,5-6,9-12H2,1-4H3;6-7,12-15,17H,5,8-11H2,1-4H3. The largest absolute Gasteiger partial charge is 0.493 e. The molecule has 0 bridgehead atoms. The molecule has 5 aliphatic heterocycles. The van der Waals surface area contributed by atoms with Crippen molar-refractivity contribution in [3.05, 3.63) is 233 Å². The van der Waals surface area contributed by atoms with Crippen LogP contribution in [0.1, 0.15) is 144 Å². The zero-order chi connectivity index (χ0) is 88.4. The first-order valence-corrected chi connectivity index (χ1v) is 45.0. The van der Waals surface area contributed by atoms with E-state index >= 15 is 0 Å². The molecule has 662 valence electrons. The first-order valence-electron chi connectivity index (χ1n) is 45.0. The lowest BCUT2D eigenvalue weighted by Gasteiger charge is -2.38. The third-order valence-corrected chi connectivity index (χ3v) is 26.3. The fourth-order valence-corrected chi connectivity index (χ4v) is 19.0. The van der Waals surface area contributed by atoms with E-state index in [2.05, 4.69) is 100 Å². The number of rotatable bonds is 21. The molecule has 0 spiro atoms. The zero-order valence-electron chi connectivity index (χ0n) is 75.7. The number of hydrogen-bond donors (Lipinski definition) is 0. The Morgan fingerprint density at radius 3 is 1.29 bits per heavy atom. The van der Waals surface area contributed by atoms with E-state index in [4.69, 9.17) is 48.4 Å². The number of aryl methyl sites for hydroxylation is 4. The van der Waals surface area contributed by atoms with Crippen LogP contribution in [0.15, 0.2) is 178 Å². The maximum atomic E-state index is 13.1. The average Bonchev–Trinajstić information content (AvgIpc) is 1.59. The molecule has 5 saturated heterocycles. The summed E-state index contributed by atoms with van der Waals surface area (Å²) in [5.41, 5.74) is 18.2. The molecule has 0 amide bonds. The highest BCUT2D eigenvalue weighted by molar-refractivity contribution is 5.71. The minimum Gasteiger partial charge on any atom is -0.493 e. The van der Waals surface area contributed by atoms with Crippen LogP contribution in [0.2, 0.25) is 0 Å². The molecular weight excluding hydrogens is 1590 g/mol. The number of pyridine rings is 5. The second-order valence-electron chi connectivity index (χ2n) is 33.8. The maximum absolute atomic E-state index is 13.1. The highest BCUT2D eigenvalue weighted by atomic mass is 16.5. The van der Waals surface area contributed by atoms with E-state index in [0.717, 1.165) is 202 Å². The van der Waals surface area contributed by atoms with Gasteiger partial charge in [0.15, 0.2) is 34.5 Å². The van der Waals surface area contributed by atoms with Crippen molar-refractivity contribution in [2.75, 3.05) is 145 Å². The zero-order valence-corrected chi connectivity index (χ0v) is 75.7. The van der Waals surface area contributed by atoms with Gasteiger partial charge in [-0.3, -0.25) is 36.8 Å². The normalized spacial score (nSPS) is 16.0. The van der Waals surface area contributed by atoms with Crippen LogP contribution in [0.5, 0.6) is 34.5 Å².